The van der Waals surface area contributed by atoms with E-state index in [9.17, 15) is 4.79 Å². The SMILES string of the molecule is CCCCCCCCC(=O)NN=Cc1ccc2c(c1)OCO2. The number of nitrogens with zero attached hydrogens (tertiary/aromatic N) is 1. The van der Waals surface area contributed by atoms with Crippen molar-refractivity contribution in [2.45, 2.75) is 51.9 Å². The van der Waals surface area contributed by atoms with Crippen molar-refractivity contribution in [2.75, 3.05) is 6.79 Å². The third kappa shape index (κ3) is 5.39. The van der Waals surface area contributed by atoms with Gasteiger partial charge in [0.2, 0.25) is 12.7 Å². The summed E-state index contributed by atoms with van der Waals surface area (Å²) >= 11 is 0. The molecular formula is C17H24N2O3. The topological polar surface area (TPSA) is 59.9 Å². The predicted octanol–water partition coefficient (Wildman–Crippen LogP) is 3.62. The Bertz CT molecular complexity index is 515. The zero-order valence-corrected chi connectivity index (χ0v) is 13.1. The molecule has 0 aliphatic carbocycles. The molecule has 1 aromatic carbocycles. The van der Waals surface area contributed by atoms with Gasteiger partial charge in [-0.15, -0.1) is 0 Å². The summed E-state index contributed by atoms with van der Waals surface area (Å²) in [6.45, 7) is 2.45. The number of amides is 1. The lowest BCUT2D eigenvalue weighted by atomic mass is 10.1. The summed E-state index contributed by atoms with van der Waals surface area (Å²) in [6.07, 6.45) is 9.18. The normalized spacial score (nSPS) is 12.8. The number of fused-ring (bicyclic) bond motifs is 1. The van der Waals surface area contributed by atoms with Crippen LogP contribution in [0.4, 0.5) is 0 Å². The molecule has 0 bridgehead atoms. The number of hydrogen-bond donors (Lipinski definition) is 1. The fourth-order valence-corrected chi connectivity index (χ4v) is 2.29. The highest BCUT2D eigenvalue weighted by Gasteiger charge is 2.12. The van der Waals surface area contributed by atoms with Gasteiger partial charge in [0.25, 0.3) is 0 Å². The van der Waals surface area contributed by atoms with E-state index in [-0.39, 0.29) is 12.7 Å². The van der Waals surface area contributed by atoms with Gasteiger partial charge in [-0.25, -0.2) is 5.43 Å². The number of hydrogen-bond acceptors (Lipinski definition) is 4. The minimum atomic E-state index is -0.0347. The summed E-state index contributed by atoms with van der Waals surface area (Å²) < 4.78 is 10.5. The predicted molar refractivity (Wildman–Crippen MR) is 86.3 cm³/mol. The standard InChI is InChI=1S/C17H24N2O3/c1-2-3-4-5-6-7-8-17(20)19-18-12-14-9-10-15-16(11-14)22-13-21-15/h9-12H,2-8,13H2,1H3,(H,19,20). The lowest BCUT2D eigenvalue weighted by Crippen LogP contribution is -2.16. The van der Waals surface area contributed by atoms with Crippen molar-refractivity contribution in [1.82, 2.24) is 5.43 Å². The van der Waals surface area contributed by atoms with Crippen LogP contribution in [0, 0.1) is 0 Å². The molecule has 1 heterocycles. The van der Waals surface area contributed by atoms with Crippen molar-refractivity contribution in [3.63, 3.8) is 0 Å². The van der Waals surface area contributed by atoms with Gasteiger partial charge in [0.05, 0.1) is 6.21 Å². The van der Waals surface area contributed by atoms with Gasteiger partial charge in [0.15, 0.2) is 11.5 Å². The number of carbonyl (C=O) groups is 1. The van der Waals surface area contributed by atoms with Gasteiger partial charge in [-0.05, 0) is 30.2 Å². The number of carbonyl (C=O) groups excluding carboxylic acids is 1. The van der Waals surface area contributed by atoms with Crippen molar-refractivity contribution in [2.24, 2.45) is 5.10 Å². The molecule has 0 unspecified atom stereocenters. The van der Waals surface area contributed by atoms with E-state index in [1.165, 1.54) is 25.7 Å². The second-order valence-corrected chi connectivity index (χ2v) is 5.42. The van der Waals surface area contributed by atoms with Crippen LogP contribution >= 0.6 is 0 Å². The van der Waals surface area contributed by atoms with Gasteiger partial charge in [-0.1, -0.05) is 39.0 Å². The van der Waals surface area contributed by atoms with E-state index in [4.69, 9.17) is 9.47 Å². The number of nitrogens with one attached hydrogen (secondary N) is 1. The average Bonchev–Trinajstić information content (AvgIpc) is 2.98. The molecule has 22 heavy (non-hydrogen) atoms. The Morgan fingerprint density at radius 2 is 1.95 bits per heavy atom. The average molecular weight is 304 g/mol. The molecule has 5 heteroatoms. The monoisotopic (exact) mass is 304 g/mol. The highest BCUT2D eigenvalue weighted by atomic mass is 16.7. The van der Waals surface area contributed by atoms with Crippen LogP contribution in [0.5, 0.6) is 11.5 Å². The first kappa shape index (κ1) is 16.3. The van der Waals surface area contributed by atoms with Crippen LogP contribution in [0.15, 0.2) is 23.3 Å². The highest BCUT2D eigenvalue weighted by molar-refractivity contribution is 5.83. The number of benzene rings is 1. The smallest absolute Gasteiger partial charge is 0.240 e. The second-order valence-electron chi connectivity index (χ2n) is 5.42. The first-order chi connectivity index (χ1) is 10.8. The largest absolute Gasteiger partial charge is 0.454 e. The quantitative estimate of drug-likeness (QED) is 0.430. The summed E-state index contributed by atoms with van der Waals surface area (Å²) in [4.78, 5) is 11.6. The molecular weight excluding hydrogens is 280 g/mol. The van der Waals surface area contributed by atoms with E-state index in [1.807, 2.05) is 18.2 Å². The minimum absolute atomic E-state index is 0.0347. The molecule has 0 aromatic heterocycles. The molecule has 1 aromatic rings. The maximum atomic E-state index is 11.6. The Labute approximate surface area is 131 Å². The third-order valence-electron chi connectivity index (χ3n) is 3.56. The van der Waals surface area contributed by atoms with E-state index in [1.54, 1.807) is 6.21 Å². The molecule has 5 nitrogen and oxygen atoms in total. The van der Waals surface area contributed by atoms with Crippen LogP contribution in [-0.2, 0) is 4.79 Å². The van der Waals surface area contributed by atoms with Crippen LogP contribution in [0.3, 0.4) is 0 Å². The Kier molecular flexibility index (Phi) is 6.74. The van der Waals surface area contributed by atoms with Gasteiger partial charge in [0.1, 0.15) is 0 Å². The summed E-state index contributed by atoms with van der Waals surface area (Å²) in [5.74, 6) is 1.42. The van der Waals surface area contributed by atoms with Crippen LogP contribution in [0.2, 0.25) is 0 Å². The molecule has 1 aliphatic heterocycles. The molecule has 1 amide bonds. The van der Waals surface area contributed by atoms with Crippen LogP contribution < -0.4 is 14.9 Å². The van der Waals surface area contributed by atoms with E-state index >= 15 is 0 Å². The zero-order chi connectivity index (χ0) is 15.6. The van der Waals surface area contributed by atoms with Crippen LogP contribution in [0.1, 0.15) is 57.4 Å². The van der Waals surface area contributed by atoms with Gasteiger partial charge in [-0.2, -0.15) is 5.10 Å². The lowest BCUT2D eigenvalue weighted by Gasteiger charge is -2.01. The number of hydrazone groups is 1. The molecule has 0 saturated carbocycles. The van der Waals surface area contributed by atoms with Crippen molar-refractivity contribution in [3.8, 4) is 11.5 Å². The number of unbranched alkanes of at least 4 members (excludes halogenated alkanes) is 5. The molecule has 0 saturated heterocycles. The minimum Gasteiger partial charge on any atom is -0.454 e. The number of ether oxygens (including phenoxy) is 2. The van der Waals surface area contributed by atoms with Gasteiger partial charge >= 0.3 is 0 Å². The summed E-state index contributed by atoms with van der Waals surface area (Å²) in [5.41, 5.74) is 3.42. The molecule has 0 radical (unpaired) electrons. The van der Waals surface area contributed by atoms with E-state index in [2.05, 4.69) is 17.5 Å². The van der Waals surface area contributed by atoms with Crippen molar-refractivity contribution in [1.29, 1.82) is 0 Å². The Hall–Kier alpha value is -2.04. The zero-order valence-electron chi connectivity index (χ0n) is 13.1. The fourth-order valence-electron chi connectivity index (χ4n) is 2.29. The van der Waals surface area contributed by atoms with Crippen LogP contribution in [-0.4, -0.2) is 18.9 Å². The Morgan fingerprint density at radius 3 is 2.82 bits per heavy atom. The Morgan fingerprint density at radius 1 is 1.18 bits per heavy atom. The molecule has 1 aliphatic rings. The van der Waals surface area contributed by atoms with Crippen molar-refractivity contribution in [3.05, 3.63) is 23.8 Å². The summed E-state index contributed by atoms with van der Waals surface area (Å²) in [7, 11) is 0. The van der Waals surface area contributed by atoms with Gasteiger partial charge < -0.3 is 9.47 Å². The van der Waals surface area contributed by atoms with Crippen LogP contribution in [0.25, 0.3) is 0 Å². The molecule has 1 N–H and O–H groups in total. The maximum Gasteiger partial charge on any atom is 0.240 e. The van der Waals surface area contributed by atoms with E-state index in [0.29, 0.717) is 12.2 Å². The van der Waals surface area contributed by atoms with Gasteiger partial charge in [0, 0.05) is 6.42 Å². The first-order valence-corrected chi connectivity index (χ1v) is 8.01. The molecule has 0 spiro atoms. The molecule has 0 fully saturated rings. The Balaban J connectivity index is 1.63. The summed E-state index contributed by atoms with van der Waals surface area (Å²) in [5, 5.41) is 3.97. The fraction of sp³-hybridized carbons (Fsp3) is 0.529. The van der Waals surface area contributed by atoms with E-state index < -0.39 is 0 Å². The van der Waals surface area contributed by atoms with Crippen molar-refractivity contribution < 1.29 is 14.3 Å². The second kappa shape index (κ2) is 9.07. The maximum absolute atomic E-state index is 11.6. The molecule has 2 rings (SSSR count). The van der Waals surface area contributed by atoms with E-state index in [0.717, 1.165) is 24.2 Å². The highest BCUT2D eigenvalue weighted by Crippen LogP contribution is 2.31. The number of rotatable bonds is 9. The molecule has 120 valence electrons. The third-order valence-corrected chi connectivity index (χ3v) is 3.56. The molecule has 0 atom stereocenters. The lowest BCUT2D eigenvalue weighted by molar-refractivity contribution is -0.121. The van der Waals surface area contributed by atoms with Crippen molar-refractivity contribution >= 4 is 12.1 Å². The van der Waals surface area contributed by atoms with Gasteiger partial charge in [-0.3, -0.25) is 4.79 Å². The first-order valence-electron chi connectivity index (χ1n) is 8.01. The summed E-state index contributed by atoms with van der Waals surface area (Å²) in [6, 6.07) is 5.55.